The van der Waals surface area contributed by atoms with Gasteiger partial charge < -0.3 is 31.2 Å². The molecule has 6 rings (SSSR count). The van der Waals surface area contributed by atoms with Crippen molar-refractivity contribution < 1.29 is 30.7 Å². The summed E-state index contributed by atoms with van der Waals surface area (Å²) in [6, 6.07) is 27.4. The van der Waals surface area contributed by atoms with Crippen LogP contribution in [-0.2, 0) is 22.4 Å². The van der Waals surface area contributed by atoms with Gasteiger partial charge in [-0.25, -0.2) is 0 Å². The number of carboxylic acids is 2. The lowest BCUT2D eigenvalue weighted by atomic mass is 9.85. The Morgan fingerprint density at radius 3 is 1.25 bits per heavy atom. The number of carbonyl (C=O) groups is 2. The van der Waals surface area contributed by atoms with Crippen LogP contribution in [-0.4, -0.2) is 42.0 Å². The molecule has 1 aliphatic heterocycles. The number of hydrogen-bond acceptors (Lipinski definition) is 6. The molecule has 3 aromatic rings. The summed E-state index contributed by atoms with van der Waals surface area (Å²) < 4.78 is 10.5. The van der Waals surface area contributed by atoms with E-state index in [1.807, 2.05) is 39.8 Å². The molecule has 2 aliphatic carbocycles. The Balaban J connectivity index is -0.000000292. The molecule has 8 nitrogen and oxygen atoms in total. The third-order valence-corrected chi connectivity index (χ3v) is 14.2. The molecule has 0 spiro atoms. The van der Waals surface area contributed by atoms with Crippen LogP contribution in [0.1, 0.15) is 298 Å². The maximum Gasteiger partial charge on any atom is 0.303 e. The van der Waals surface area contributed by atoms with Crippen LogP contribution in [0.3, 0.4) is 0 Å². The van der Waals surface area contributed by atoms with Crippen molar-refractivity contribution in [3.63, 3.8) is 0 Å². The van der Waals surface area contributed by atoms with Gasteiger partial charge in [-0.15, -0.1) is 0 Å². The standard InChI is InChI=1S/C11H14O2.C11H22.C11H16.C9H12.C7H14.C7H16.2C6H15N.C6H12O2.C5H10O2.H2/c1-8(2)5-9-3-4-10-11(6-9)13-7-12-10;2*1-10(2)8-9-11-6-4-3-5-7-11;1-8(2)9-6-4-3-5-7-9;1-6(2)5-7-3-4-7;1-6(2)5-7(3)4;2*1-6(2)4-3-5-7;1-5(2)3-4-6(7)8;1-4(2)3-5(6)7;/h3-4,6,8H,5,7H2,1-2H3;10-11H,3-9H2,1-2H3;3-7,10H,8-9H2,1-2H3;3-8H,1-2H3;6-7H,3-5H2,1-2H3;6-7H,5H2,1-4H3;2*6H,3-5,7H2,1-2H3;5H,3-4H2,1-2H3,(H,7,8);4H,3H2,1-2H3,(H,6,7);1H. The second-order valence-electron chi connectivity index (χ2n) is 29.3. The van der Waals surface area contributed by atoms with Crippen molar-refractivity contribution in [1.29, 1.82) is 0 Å². The monoisotopic (exact) mass is 1220 g/mol. The van der Waals surface area contributed by atoms with E-state index in [4.69, 9.17) is 31.2 Å². The fourth-order valence-corrected chi connectivity index (χ4v) is 9.30. The molecule has 8 heteroatoms. The van der Waals surface area contributed by atoms with Crippen LogP contribution in [0.15, 0.2) is 78.9 Å². The summed E-state index contributed by atoms with van der Waals surface area (Å²) >= 11 is 0. The summed E-state index contributed by atoms with van der Waals surface area (Å²) in [5.74, 6) is 10.7. The predicted molar refractivity (Wildman–Crippen MR) is 386 cm³/mol. The van der Waals surface area contributed by atoms with Gasteiger partial charge in [-0.3, -0.25) is 9.59 Å². The largest absolute Gasteiger partial charge is 0.481 e. The Morgan fingerprint density at radius 1 is 0.471 bits per heavy atom. The van der Waals surface area contributed by atoms with Gasteiger partial charge >= 0.3 is 11.9 Å². The lowest BCUT2D eigenvalue weighted by Crippen LogP contribution is -2.06. The van der Waals surface area contributed by atoms with Crippen molar-refractivity contribution in [3.8, 4) is 11.5 Å². The summed E-state index contributed by atoms with van der Waals surface area (Å²) in [6.45, 7) is 50.4. The Morgan fingerprint density at radius 2 is 0.943 bits per heavy atom. The third kappa shape index (κ3) is 72.8. The third-order valence-electron chi connectivity index (χ3n) is 14.2. The molecule has 0 aromatic heterocycles. The molecule has 87 heavy (non-hydrogen) atoms. The molecule has 3 aromatic carbocycles. The van der Waals surface area contributed by atoms with Gasteiger partial charge in [0.05, 0.1) is 0 Å². The second kappa shape index (κ2) is 59.7. The summed E-state index contributed by atoms with van der Waals surface area (Å²) in [5.41, 5.74) is 14.7. The molecule has 0 unspecified atom stereocenters. The van der Waals surface area contributed by atoms with Gasteiger partial charge in [0.1, 0.15) is 0 Å². The van der Waals surface area contributed by atoms with E-state index >= 15 is 0 Å². The van der Waals surface area contributed by atoms with Crippen molar-refractivity contribution in [2.75, 3.05) is 19.9 Å². The lowest BCUT2D eigenvalue weighted by Gasteiger charge is -2.21. The van der Waals surface area contributed by atoms with Gasteiger partial charge in [0.2, 0.25) is 6.79 Å². The summed E-state index contributed by atoms with van der Waals surface area (Å²) in [4.78, 5) is 19.7. The topological polar surface area (TPSA) is 145 Å². The highest BCUT2D eigenvalue weighted by atomic mass is 16.7. The number of aliphatic carboxylic acids is 2. The molecule has 510 valence electrons. The smallest absolute Gasteiger partial charge is 0.303 e. The fraction of sp³-hybridized carbons (Fsp3) is 0.747. The molecule has 3 aliphatic rings. The van der Waals surface area contributed by atoms with E-state index in [-0.39, 0.29) is 13.8 Å². The van der Waals surface area contributed by atoms with Crippen LogP contribution in [0.4, 0.5) is 0 Å². The zero-order valence-electron chi connectivity index (χ0n) is 61.2. The molecule has 0 bridgehead atoms. The zero-order chi connectivity index (χ0) is 67.1. The van der Waals surface area contributed by atoms with Crippen LogP contribution in [0.5, 0.6) is 11.5 Å². The summed E-state index contributed by atoms with van der Waals surface area (Å²) in [5, 5.41) is 16.2. The van der Waals surface area contributed by atoms with Crippen LogP contribution < -0.4 is 20.9 Å². The van der Waals surface area contributed by atoms with Crippen LogP contribution in [0, 0.1) is 71.0 Å². The van der Waals surface area contributed by atoms with E-state index in [1.165, 1.54) is 126 Å². The molecule has 0 radical (unpaired) electrons. The van der Waals surface area contributed by atoms with Crippen LogP contribution in [0.2, 0.25) is 0 Å². The molecule has 0 atom stereocenters. The highest BCUT2D eigenvalue weighted by Gasteiger charge is 2.21. The average molecular weight is 1220 g/mol. The molecule has 2 fully saturated rings. The first kappa shape index (κ1) is 89.5. The molecular weight excluding hydrogens is 1070 g/mol. The number of aryl methyl sites for hydroxylation is 1. The Labute approximate surface area is 542 Å². The van der Waals surface area contributed by atoms with Gasteiger partial charge in [-0.2, -0.15) is 0 Å². The van der Waals surface area contributed by atoms with Gasteiger partial charge in [-0.05, 0) is 183 Å². The van der Waals surface area contributed by atoms with Gasteiger partial charge in [0, 0.05) is 14.3 Å². The lowest BCUT2D eigenvalue weighted by molar-refractivity contribution is -0.138. The van der Waals surface area contributed by atoms with Crippen molar-refractivity contribution in [3.05, 3.63) is 95.6 Å². The van der Waals surface area contributed by atoms with Crippen molar-refractivity contribution in [2.24, 2.45) is 82.5 Å². The van der Waals surface area contributed by atoms with Gasteiger partial charge in [0.25, 0.3) is 0 Å². The van der Waals surface area contributed by atoms with E-state index in [1.54, 1.807) is 0 Å². The fourth-order valence-electron chi connectivity index (χ4n) is 9.30. The second-order valence-corrected chi connectivity index (χ2v) is 29.3. The maximum atomic E-state index is 9.90. The highest BCUT2D eigenvalue weighted by molar-refractivity contribution is 5.67. The maximum absolute atomic E-state index is 9.90. The van der Waals surface area contributed by atoms with Crippen molar-refractivity contribution in [1.82, 2.24) is 0 Å². The number of rotatable bonds is 24. The zero-order valence-corrected chi connectivity index (χ0v) is 61.2. The quantitative estimate of drug-likeness (QED) is 0.0694. The van der Waals surface area contributed by atoms with Gasteiger partial charge in [0.15, 0.2) is 11.5 Å². The minimum atomic E-state index is -0.713. The first-order valence-electron chi connectivity index (χ1n) is 35.2. The first-order valence-corrected chi connectivity index (χ1v) is 35.2. The Kier molecular flexibility index (Phi) is 61.5. The number of benzene rings is 3. The average Bonchev–Trinajstić information content (AvgIpc) is 4.24. The number of hydrogen-bond donors (Lipinski definition) is 4. The van der Waals surface area contributed by atoms with Crippen LogP contribution in [0.25, 0.3) is 0 Å². The molecule has 2 saturated carbocycles. The number of ether oxygens (including phenoxy) is 2. The highest BCUT2D eigenvalue weighted by Crippen LogP contribution is 2.35. The normalized spacial score (nSPS) is 13.0. The van der Waals surface area contributed by atoms with Crippen LogP contribution >= 0.6 is 0 Å². The molecule has 1 heterocycles. The molecule has 6 N–H and O–H groups in total. The molecule has 0 saturated heterocycles. The number of fused-ring (bicyclic) bond motifs is 1. The SMILES string of the molecule is CC(C)CC(=O)O.CC(C)CC(C)C.CC(C)CC1CC1.CC(C)CCC(=O)O.CC(C)CCC1CCCCC1.CC(C)CCCN.CC(C)CCCN.CC(C)CCc1ccccc1.CC(C)Cc1ccc2c(c1)OCO2.CC(C)c1ccccc1.[HH]. The molecular formula is C79H148N2O6. The van der Waals surface area contributed by atoms with Crippen molar-refractivity contribution in [2.45, 2.75) is 293 Å². The number of carboxylic acid groups (broad SMARTS) is 2. The van der Waals surface area contributed by atoms with E-state index in [0.717, 1.165) is 90.7 Å². The van der Waals surface area contributed by atoms with E-state index < -0.39 is 11.9 Å². The minimum Gasteiger partial charge on any atom is -0.481 e. The number of nitrogens with two attached hydrogens (primary N) is 2. The summed E-state index contributed by atoms with van der Waals surface area (Å²) in [6.07, 6.45) is 26.2. The van der Waals surface area contributed by atoms with Gasteiger partial charge in [-0.1, -0.05) is 277 Å². The van der Waals surface area contributed by atoms with E-state index in [9.17, 15) is 9.59 Å². The van der Waals surface area contributed by atoms with Crippen molar-refractivity contribution >= 4 is 11.9 Å². The first-order chi connectivity index (χ1) is 40.8. The van der Waals surface area contributed by atoms with E-state index in [2.05, 4.69) is 191 Å². The predicted octanol–water partition coefficient (Wildman–Crippen LogP) is 23.5. The Hall–Kier alpha value is -3.88. The Bertz CT molecular complexity index is 1890. The summed E-state index contributed by atoms with van der Waals surface area (Å²) in [7, 11) is 0. The molecule has 0 amide bonds. The minimum absolute atomic E-state index is 0. The van der Waals surface area contributed by atoms with E-state index in [0.29, 0.717) is 31.0 Å².